The van der Waals surface area contributed by atoms with Crippen molar-refractivity contribution in [3.05, 3.63) is 41.5 Å². The number of hydrogen-bond donors (Lipinski definition) is 1. The van der Waals surface area contributed by atoms with Crippen LogP contribution in [0.1, 0.15) is 55.6 Å². The highest BCUT2D eigenvalue weighted by atomic mass is 16.5. The van der Waals surface area contributed by atoms with E-state index in [1.807, 2.05) is 12.1 Å². The van der Waals surface area contributed by atoms with Gasteiger partial charge in [-0.1, -0.05) is 6.07 Å². The van der Waals surface area contributed by atoms with E-state index in [-0.39, 0.29) is 0 Å². The zero-order valence-corrected chi connectivity index (χ0v) is 22.2. The van der Waals surface area contributed by atoms with Crippen molar-refractivity contribution in [1.29, 1.82) is 0 Å². The predicted molar refractivity (Wildman–Crippen MR) is 145 cm³/mol. The van der Waals surface area contributed by atoms with Gasteiger partial charge in [0.2, 0.25) is 0 Å². The van der Waals surface area contributed by atoms with Gasteiger partial charge >= 0.3 is 0 Å². The summed E-state index contributed by atoms with van der Waals surface area (Å²) in [4.78, 5) is 7.99. The number of piperidine rings is 2. The van der Waals surface area contributed by atoms with Gasteiger partial charge in [0.05, 0.1) is 25.3 Å². The van der Waals surface area contributed by atoms with E-state index < -0.39 is 0 Å². The van der Waals surface area contributed by atoms with E-state index in [4.69, 9.17) is 14.5 Å². The van der Waals surface area contributed by atoms with E-state index in [1.54, 1.807) is 14.2 Å². The number of methoxy groups -OCH3 is 2. The summed E-state index contributed by atoms with van der Waals surface area (Å²) in [5.41, 5.74) is 6.12. The minimum atomic E-state index is 0.635. The van der Waals surface area contributed by atoms with Crippen molar-refractivity contribution < 1.29 is 9.47 Å². The molecule has 1 aliphatic carbocycles. The third-order valence-electron chi connectivity index (χ3n) is 8.94. The molecule has 2 aromatic carbocycles. The van der Waals surface area contributed by atoms with Crippen LogP contribution in [0.15, 0.2) is 30.3 Å². The molecule has 1 saturated carbocycles. The summed E-state index contributed by atoms with van der Waals surface area (Å²) < 4.78 is 13.2. The molecule has 3 aromatic rings. The van der Waals surface area contributed by atoms with E-state index >= 15 is 0 Å². The Morgan fingerprint density at radius 1 is 0.944 bits per heavy atom. The molecular formula is C30H40N4O2. The van der Waals surface area contributed by atoms with Gasteiger partial charge in [0, 0.05) is 24.7 Å². The van der Waals surface area contributed by atoms with Gasteiger partial charge in [-0.25, -0.2) is 4.98 Å². The zero-order chi connectivity index (χ0) is 24.8. The molecule has 2 aliphatic heterocycles. The second-order valence-corrected chi connectivity index (χ2v) is 11.1. The van der Waals surface area contributed by atoms with Gasteiger partial charge in [0.1, 0.15) is 5.82 Å². The number of fused-ring (bicyclic) bond motifs is 1. The van der Waals surface area contributed by atoms with Gasteiger partial charge in [-0.15, -0.1) is 0 Å². The molecule has 1 aromatic heterocycles. The van der Waals surface area contributed by atoms with Crippen molar-refractivity contribution in [1.82, 2.24) is 19.8 Å². The topological polar surface area (TPSA) is 51.5 Å². The fourth-order valence-electron chi connectivity index (χ4n) is 6.81. The Morgan fingerprint density at radius 2 is 1.72 bits per heavy atom. The number of rotatable bonds is 6. The van der Waals surface area contributed by atoms with Crippen LogP contribution in [-0.4, -0.2) is 60.4 Å². The molecule has 0 amide bonds. The van der Waals surface area contributed by atoms with Crippen molar-refractivity contribution in [2.45, 2.75) is 63.5 Å². The summed E-state index contributed by atoms with van der Waals surface area (Å²) in [6, 6.07) is 12.4. The van der Waals surface area contributed by atoms with Crippen LogP contribution in [0.3, 0.4) is 0 Å². The van der Waals surface area contributed by atoms with Crippen molar-refractivity contribution >= 4 is 11.0 Å². The molecular weight excluding hydrogens is 448 g/mol. The standard InChI is InChI=1S/C30H40N4O2/c1-19-15-23(21-11-14-34(24-9-12-31-13-10-24)25(16-21)20-5-6-20)17-26-29(19)32-30(33(26)2)22-7-8-27(35-3)28(18-22)36-4/h7-8,15,17-18,20-21,24-25,31H,5-6,9-14,16H2,1-4H3/t21?,25-/m1/s1. The molecule has 36 heavy (non-hydrogen) atoms. The summed E-state index contributed by atoms with van der Waals surface area (Å²) in [5.74, 6) is 3.98. The molecule has 6 heteroatoms. The average molecular weight is 489 g/mol. The zero-order valence-electron chi connectivity index (χ0n) is 22.2. The van der Waals surface area contributed by atoms with Gasteiger partial charge in [-0.3, -0.25) is 4.90 Å². The van der Waals surface area contributed by atoms with Crippen molar-refractivity contribution in [3.8, 4) is 22.9 Å². The summed E-state index contributed by atoms with van der Waals surface area (Å²) in [6.07, 6.45) is 8.04. The molecule has 0 bridgehead atoms. The second kappa shape index (κ2) is 9.71. The van der Waals surface area contributed by atoms with Crippen LogP contribution in [0.2, 0.25) is 0 Å². The first kappa shape index (κ1) is 23.8. The molecule has 3 fully saturated rings. The highest BCUT2D eigenvalue weighted by Crippen LogP contribution is 2.45. The highest BCUT2D eigenvalue weighted by molar-refractivity contribution is 5.84. The summed E-state index contributed by atoms with van der Waals surface area (Å²) >= 11 is 0. The third-order valence-corrected chi connectivity index (χ3v) is 8.94. The monoisotopic (exact) mass is 488 g/mol. The van der Waals surface area contributed by atoms with Crippen LogP contribution >= 0.6 is 0 Å². The van der Waals surface area contributed by atoms with Crippen LogP contribution < -0.4 is 14.8 Å². The van der Waals surface area contributed by atoms with E-state index in [2.05, 4.69) is 47.0 Å². The number of aromatic nitrogens is 2. The summed E-state index contributed by atoms with van der Waals surface area (Å²) in [6.45, 7) is 5.83. The Kier molecular flexibility index (Phi) is 6.42. The van der Waals surface area contributed by atoms with E-state index in [1.165, 1.54) is 74.8 Å². The molecule has 3 heterocycles. The molecule has 2 saturated heterocycles. The number of imidazole rings is 1. The first-order valence-electron chi connectivity index (χ1n) is 13.7. The summed E-state index contributed by atoms with van der Waals surface area (Å²) in [7, 11) is 5.48. The minimum Gasteiger partial charge on any atom is -0.493 e. The number of benzene rings is 2. The van der Waals surface area contributed by atoms with E-state index in [9.17, 15) is 0 Å². The normalized spacial score (nSPS) is 23.8. The molecule has 0 spiro atoms. The van der Waals surface area contributed by atoms with Crippen LogP contribution in [0.25, 0.3) is 22.4 Å². The Bertz CT molecular complexity index is 1240. The quantitative estimate of drug-likeness (QED) is 0.512. The average Bonchev–Trinajstić information content (AvgIpc) is 3.72. The van der Waals surface area contributed by atoms with Gasteiger partial charge in [-0.2, -0.15) is 0 Å². The van der Waals surface area contributed by atoms with E-state index in [0.717, 1.165) is 46.4 Å². The number of likely N-dealkylation sites (tertiary alicyclic amines) is 1. The highest BCUT2D eigenvalue weighted by Gasteiger charge is 2.42. The first-order valence-corrected chi connectivity index (χ1v) is 13.7. The van der Waals surface area contributed by atoms with Gasteiger partial charge in [0.15, 0.2) is 11.5 Å². The number of nitrogens with one attached hydrogen (secondary N) is 1. The lowest BCUT2D eigenvalue weighted by atomic mass is 9.81. The number of aryl methyl sites for hydroxylation is 2. The van der Waals surface area contributed by atoms with Crippen LogP contribution in [0.4, 0.5) is 0 Å². The Balaban J connectivity index is 1.30. The maximum absolute atomic E-state index is 5.55. The number of nitrogens with zero attached hydrogens (tertiary/aromatic N) is 3. The van der Waals surface area contributed by atoms with Crippen LogP contribution in [0.5, 0.6) is 11.5 Å². The Morgan fingerprint density at radius 3 is 2.44 bits per heavy atom. The summed E-state index contributed by atoms with van der Waals surface area (Å²) in [5, 5.41) is 3.55. The van der Waals surface area contributed by atoms with Gasteiger partial charge in [-0.05, 0) is 112 Å². The molecule has 6 nitrogen and oxygen atoms in total. The van der Waals surface area contributed by atoms with Crippen molar-refractivity contribution in [3.63, 3.8) is 0 Å². The Labute approximate surface area is 215 Å². The first-order chi connectivity index (χ1) is 17.6. The van der Waals surface area contributed by atoms with Crippen LogP contribution in [-0.2, 0) is 7.05 Å². The Hall–Kier alpha value is -2.57. The van der Waals surface area contributed by atoms with Crippen molar-refractivity contribution in [2.75, 3.05) is 33.9 Å². The molecule has 192 valence electrons. The fraction of sp³-hybridized carbons (Fsp3) is 0.567. The lowest BCUT2D eigenvalue weighted by molar-refractivity contribution is 0.0557. The molecule has 1 N–H and O–H groups in total. The number of ether oxygens (including phenoxy) is 2. The smallest absolute Gasteiger partial charge is 0.161 e. The van der Waals surface area contributed by atoms with E-state index in [0.29, 0.717) is 5.92 Å². The van der Waals surface area contributed by atoms with Gasteiger partial charge in [0.25, 0.3) is 0 Å². The molecule has 2 atom stereocenters. The van der Waals surface area contributed by atoms with Crippen molar-refractivity contribution in [2.24, 2.45) is 13.0 Å². The largest absolute Gasteiger partial charge is 0.493 e. The minimum absolute atomic E-state index is 0.635. The third kappa shape index (κ3) is 4.28. The maximum atomic E-state index is 5.55. The van der Waals surface area contributed by atoms with Crippen LogP contribution in [0, 0.1) is 12.8 Å². The lowest BCUT2D eigenvalue weighted by Gasteiger charge is -2.46. The molecule has 1 unspecified atom stereocenters. The predicted octanol–water partition coefficient (Wildman–Crippen LogP) is 5.28. The lowest BCUT2D eigenvalue weighted by Crippen LogP contribution is -2.52. The second-order valence-electron chi connectivity index (χ2n) is 11.1. The molecule has 0 radical (unpaired) electrons. The SMILES string of the molecule is COc1ccc(-c2nc3c(C)cc(C4CCN(C5CCNCC5)[C@@H](C5CC5)C4)cc3n2C)cc1OC. The number of hydrogen-bond acceptors (Lipinski definition) is 5. The maximum Gasteiger partial charge on any atom is 0.161 e. The fourth-order valence-corrected chi connectivity index (χ4v) is 6.81. The van der Waals surface area contributed by atoms with Gasteiger partial charge < -0.3 is 19.4 Å². The molecule has 3 aliphatic rings. The molecule has 6 rings (SSSR count).